The lowest BCUT2D eigenvalue weighted by atomic mass is 10.1. The fourth-order valence-electron chi connectivity index (χ4n) is 2.47. The van der Waals surface area contributed by atoms with Gasteiger partial charge in [0.1, 0.15) is 0 Å². The second kappa shape index (κ2) is 3.29. The van der Waals surface area contributed by atoms with Crippen LogP contribution >= 0.6 is 0 Å². The Balaban J connectivity index is 1.86. The molecule has 17 heavy (non-hydrogen) atoms. The van der Waals surface area contributed by atoms with Crippen LogP contribution in [0.25, 0.3) is 0 Å². The van der Waals surface area contributed by atoms with Gasteiger partial charge in [0.05, 0.1) is 0 Å². The molecular weight excluding hydrogens is 222 g/mol. The van der Waals surface area contributed by atoms with Gasteiger partial charge in [-0.05, 0) is 30.4 Å². The van der Waals surface area contributed by atoms with E-state index in [-0.39, 0.29) is 11.5 Å². The lowest BCUT2D eigenvalue weighted by molar-refractivity contribution is 0.0774. The molecule has 1 heterocycles. The van der Waals surface area contributed by atoms with Crippen molar-refractivity contribution in [3.05, 3.63) is 17.7 Å². The number of carbonyl (C=O) groups excluding carboxylic acids is 1. The average Bonchev–Trinajstić information content (AvgIpc) is 2.91. The number of phenolic OH excluding ortho intramolecular Hbond substituents is 3. The van der Waals surface area contributed by atoms with Crippen LogP contribution in [0.1, 0.15) is 16.8 Å². The van der Waals surface area contributed by atoms with Crippen LogP contribution in [0.5, 0.6) is 17.2 Å². The molecule has 0 aromatic heterocycles. The maximum absolute atomic E-state index is 12.1. The summed E-state index contributed by atoms with van der Waals surface area (Å²) in [6.07, 6.45) is 1.20. The first-order valence-electron chi connectivity index (χ1n) is 5.60. The van der Waals surface area contributed by atoms with Crippen molar-refractivity contribution < 1.29 is 20.1 Å². The number of nitrogens with zero attached hydrogens (tertiary/aromatic N) is 1. The Hall–Kier alpha value is -1.91. The zero-order valence-corrected chi connectivity index (χ0v) is 9.13. The van der Waals surface area contributed by atoms with E-state index in [9.17, 15) is 20.1 Å². The third kappa shape index (κ3) is 1.58. The zero-order chi connectivity index (χ0) is 12.2. The molecule has 0 bridgehead atoms. The number of amides is 1. The Labute approximate surface area is 97.9 Å². The van der Waals surface area contributed by atoms with Gasteiger partial charge in [-0.2, -0.15) is 0 Å². The molecule has 1 saturated heterocycles. The molecule has 0 radical (unpaired) electrons. The van der Waals surface area contributed by atoms with Crippen LogP contribution in [0.3, 0.4) is 0 Å². The van der Waals surface area contributed by atoms with E-state index < -0.39 is 17.2 Å². The standard InChI is InChI=1S/C12H13NO4/c14-9-2-6(3-10(15)11(9)16)12(17)13-4-7-1-8(7)5-13/h2-3,7-8,14-16H,1,4-5H2. The molecule has 2 unspecified atom stereocenters. The molecule has 1 aromatic rings. The highest BCUT2D eigenvalue weighted by Crippen LogP contribution is 2.45. The molecule has 5 nitrogen and oxygen atoms in total. The molecule has 3 N–H and O–H groups in total. The van der Waals surface area contributed by atoms with Crippen molar-refractivity contribution in [3.8, 4) is 17.2 Å². The normalized spacial score (nSPS) is 25.8. The number of rotatable bonds is 1. The molecule has 0 spiro atoms. The van der Waals surface area contributed by atoms with Crippen molar-refractivity contribution in [1.82, 2.24) is 4.90 Å². The van der Waals surface area contributed by atoms with Crippen molar-refractivity contribution in [2.75, 3.05) is 13.1 Å². The van der Waals surface area contributed by atoms with E-state index in [4.69, 9.17) is 0 Å². The van der Waals surface area contributed by atoms with E-state index in [1.807, 2.05) is 0 Å². The van der Waals surface area contributed by atoms with Crippen LogP contribution in [0, 0.1) is 11.8 Å². The van der Waals surface area contributed by atoms with E-state index in [1.54, 1.807) is 4.90 Å². The van der Waals surface area contributed by atoms with Gasteiger partial charge in [-0.25, -0.2) is 0 Å². The summed E-state index contributed by atoms with van der Waals surface area (Å²) in [4.78, 5) is 13.8. The number of fused-ring (bicyclic) bond motifs is 1. The number of carbonyl (C=O) groups is 1. The van der Waals surface area contributed by atoms with Crippen LogP contribution in [0.4, 0.5) is 0 Å². The summed E-state index contributed by atoms with van der Waals surface area (Å²) >= 11 is 0. The fourth-order valence-corrected chi connectivity index (χ4v) is 2.47. The third-order valence-electron chi connectivity index (χ3n) is 3.58. The first-order chi connectivity index (χ1) is 8.06. The van der Waals surface area contributed by atoms with Gasteiger partial charge in [-0.15, -0.1) is 0 Å². The van der Waals surface area contributed by atoms with Gasteiger partial charge in [0.15, 0.2) is 17.2 Å². The second-order valence-corrected chi connectivity index (χ2v) is 4.83. The molecule has 2 atom stereocenters. The van der Waals surface area contributed by atoms with Crippen LogP contribution in [-0.4, -0.2) is 39.2 Å². The van der Waals surface area contributed by atoms with E-state index in [2.05, 4.69) is 0 Å². The van der Waals surface area contributed by atoms with Gasteiger partial charge in [0.2, 0.25) is 0 Å². The molecule has 1 aliphatic carbocycles. The zero-order valence-electron chi connectivity index (χ0n) is 9.13. The first-order valence-corrected chi connectivity index (χ1v) is 5.60. The highest BCUT2D eigenvalue weighted by molar-refractivity contribution is 5.95. The second-order valence-electron chi connectivity index (χ2n) is 4.83. The average molecular weight is 235 g/mol. The highest BCUT2D eigenvalue weighted by atomic mass is 16.3. The minimum atomic E-state index is -0.592. The van der Waals surface area contributed by atoms with Gasteiger partial charge in [0.25, 0.3) is 5.91 Å². The third-order valence-corrected chi connectivity index (χ3v) is 3.58. The number of hydrogen-bond acceptors (Lipinski definition) is 4. The van der Waals surface area contributed by atoms with Crippen molar-refractivity contribution >= 4 is 5.91 Å². The quantitative estimate of drug-likeness (QED) is 0.631. The molecule has 3 rings (SSSR count). The van der Waals surface area contributed by atoms with Crippen molar-refractivity contribution in [2.24, 2.45) is 11.8 Å². The van der Waals surface area contributed by atoms with E-state index in [0.717, 1.165) is 13.1 Å². The van der Waals surface area contributed by atoms with E-state index in [0.29, 0.717) is 11.8 Å². The molecule has 5 heteroatoms. The maximum atomic E-state index is 12.1. The summed E-state index contributed by atoms with van der Waals surface area (Å²) in [6.45, 7) is 1.51. The number of aromatic hydroxyl groups is 3. The SMILES string of the molecule is O=C(c1cc(O)c(O)c(O)c1)N1CC2CC2C1. The Morgan fingerprint density at radius 3 is 2.18 bits per heavy atom. The fraction of sp³-hybridized carbons (Fsp3) is 0.417. The van der Waals surface area contributed by atoms with Gasteiger partial charge >= 0.3 is 0 Å². The summed E-state index contributed by atoms with van der Waals surface area (Å²) in [6, 6.07) is 2.36. The number of phenols is 3. The van der Waals surface area contributed by atoms with Gasteiger partial charge < -0.3 is 20.2 Å². The van der Waals surface area contributed by atoms with Crippen LogP contribution in [0.2, 0.25) is 0 Å². The van der Waals surface area contributed by atoms with Gasteiger partial charge in [-0.3, -0.25) is 4.79 Å². The Kier molecular flexibility index (Phi) is 1.98. The van der Waals surface area contributed by atoms with Crippen LogP contribution < -0.4 is 0 Å². The van der Waals surface area contributed by atoms with E-state index in [1.165, 1.54) is 18.6 Å². The van der Waals surface area contributed by atoms with Crippen LogP contribution in [-0.2, 0) is 0 Å². The molecule has 2 aliphatic rings. The van der Waals surface area contributed by atoms with Gasteiger partial charge in [0, 0.05) is 18.7 Å². The smallest absolute Gasteiger partial charge is 0.254 e. The summed E-state index contributed by atoms with van der Waals surface area (Å²) in [5.74, 6) is -0.472. The molecule has 1 aromatic carbocycles. The first kappa shape index (κ1) is 10.3. The summed E-state index contributed by atoms with van der Waals surface area (Å²) < 4.78 is 0. The molecule has 2 fully saturated rings. The predicted molar refractivity (Wildman–Crippen MR) is 58.9 cm³/mol. The molecule has 90 valence electrons. The summed E-state index contributed by atoms with van der Waals surface area (Å²) in [7, 11) is 0. The monoisotopic (exact) mass is 235 g/mol. The Morgan fingerprint density at radius 1 is 1.12 bits per heavy atom. The molecule has 1 aliphatic heterocycles. The number of piperidine rings is 1. The Bertz CT molecular complexity index is 466. The maximum Gasteiger partial charge on any atom is 0.254 e. The van der Waals surface area contributed by atoms with Crippen LogP contribution in [0.15, 0.2) is 12.1 Å². The number of hydrogen-bond donors (Lipinski definition) is 3. The summed E-state index contributed by atoms with van der Waals surface area (Å²) in [5.41, 5.74) is 0.208. The lowest BCUT2D eigenvalue weighted by Crippen LogP contribution is -2.30. The topological polar surface area (TPSA) is 81.0 Å². The van der Waals surface area contributed by atoms with Crippen molar-refractivity contribution in [1.29, 1.82) is 0 Å². The minimum absolute atomic E-state index is 0.206. The van der Waals surface area contributed by atoms with E-state index >= 15 is 0 Å². The predicted octanol–water partition coefficient (Wildman–Crippen LogP) is 0.895. The summed E-state index contributed by atoms with van der Waals surface area (Å²) in [5, 5.41) is 27.9. The van der Waals surface area contributed by atoms with Crippen molar-refractivity contribution in [2.45, 2.75) is 6.42 Å². The highest BCUT2D eigenvalue weighted by Gasteiger charge is 2.46. The number of benzene rings is 1. The largest absolute Gasteiger partial charge is 0.504 e. The Morgan fingerprint density at radius 2 is 1.65 bits per heavy atom. The lowest BCUT2D eigenvalue weighted by Gasteiger charge is -2.18. The molecule has 1 saturated carbocycles. The number of likely N-dealkylation sites (tertiary alicyclic amines) is 1. The molecular formula is C12H13NO4. The molecule has 1 amide bonds. The van der Waals surface area contributed by atoms with Gasteiger partial charge in [-0.1, -0.05) is 0 Å². The van der Waals surface area contributed by atoms with Crippen molar-refractivity contribution in [3.63, 3.8) is 0 Å². The minimum Gasteiger partial charge on any atom is -0.504 e.